The van der Waals surface area contributed by atoms with Gasteiger partial charge in [-0.2, -0.15) is 0 Å². The topological polar surface area (TPSA) is 60.2 Å². The molecular weight excluding hydrogens is 338 g/mol. The number of halogens is 1. The summed E-state index contributed by atoms with van der Waals surface area (Å²) in [6.45, 7) is 0. The van der Waals surface area contributed by atoms with Crippen LogP contribution < -0.4 is 5.73 Å². The Morgan fingerprint density at radius 3 is 2.60 bits per heavy atom. The molecule has 3 nitrogen and oxygen atoms in total. The molecule has 0 spiro atoms. The van der Waals surface area contributed by atoms with E-state index in [1.54, 1.807) is 0 Å². The van der Waals surface area contributed by atoms with E-state index in [9.17, 15) is 9.00 Å². The number of nitrogens with two attached hydrogens (primary N) is 1. The predicted molar refractivity (Wildman–Crippen MR) is 85.5 cm³/mol. The van der Waals surface area contributed by atoms with Gasteiger partial charge < -0.3 is 5.73 Å². The van der Waals surface area contributed by atoms with Crippen molar-refractivity contribution in [1.82, 2.24) is 0 Å². The summed E-state index contributed by atoms with van der Waals surface area (Å²) >= 11 is 3.45. The van der Waals surface area contributed by atoms with E-state index in [1.807, 2.05) is 48.5 Å². The Hall–Kier alpha value is -1.46. The smallest absolute Gasteiger partial charge is 0.230 e. The zero-order valence-corrected chi connectivity index (χ0v) is 13.1. The highest BCUT2D eigenvalue weighted by Gasteiger charge is 2.10. The van der Waals surface area contributed by atoms with Gasteiger partial charge in [0.2, 0.25) is 5.91 Å². The molecule has 0 radical (unpaired) electrons. The second-order valence-corrected chi connectivity index (χ2v) is 6.73. The summed E-state index contributed by atoms with van der Waals surface area (Å²) in [5.41, 5.74) is 8.09. The van der Waals surface area contributed by atoms with Gasteiger partial charge in [-0.05, 0) is 28.8 Å². The molecule has 2 rings (SSSR count). The van der Waals surface area contributed by atoms with Crippen molar-refractivity contribution in [2.45, 2.75) is 5.75 Å². The first-order valence-corrected chi connectivity index (χ1v) is 8.31. The molecule has 1 atom stereocenters. The Kier molecular flexibility index (Phi) is 5.09. The van der Waals surface area contributed by atoms with Gasteiger partial charge in [-0.1, -0.05) is 52.3 Å². The first-order chi connectivity index (χ1) is 9.56. The van der Waals surface area contributed by atoms with Crippen LogP contribution in [0.4, 0.5) is 0 Å². The molecule has 20 heavy (non-hydrogen) atoms. The SMILES string of the molecule is NC(=O)C[S@](=O)Cc1ccccc1-c1cccc(Br)c1. The number of benzene rings is 2. The van der Waals surface area contributed by atoms with Crippen LogP contribution >= 0.6 is 15.9 Å². The standard InChI is InChI=1S/C15H14BrNO2S/c16-13-6-3-5-11(8-13)14-7-2-1-4-12(14)9-20(19)10-15(17)18/h1-8H,9-10H2,(H2,17,18)/t20-/m1/s1. The molecule has 0 bridgehead atoms. The molecule has 5 heteroatoms. The lowest BCUT2D eigenvalue weighted by molar-refractivity contribution is -0.115. The Balaban J connectivity index is 2.31. The molecule has 0 aromatic heterocycles. The lowest BCUT2D eigenvalue weighted by atomic mass is 10.0. The van der Waals surface area contributed by atoms with Crippen molar-refractivity contribution < 1.29 is 9.00 Å². The molecule has 0 fully saturated rings. The summed E-state index contributed by atoms with van der Waals surface area (Å²) in [7, 11) is -1.28. The number of carbonyl (C=O) groups is 1. The van der Waals surface area contributed by atoms with E-state index in [0.717, 1.165) is 21.2 Å². The average molecular weight is 352 g/mol. The van der Waals surface area contributed by atoms with Gasteiger partial charge in [0.05, 0.1) is 0 Å². The lowest BCUT2D eigenvalue weighted by Gasteiger charge is -2.09. The van der Waals surface area contributed by atoms with Crippen molar-refractivity contribution >= 4 is 32.6 Å². The second kappa shape index (κ2) is 6.81. The summed E-state index contributed by atoms with van der Waals surface area (Å²) in [6, 6.07) is 15.7. The predicted octanol–water partition coefficient (Wildman–Crippen LogP) is 2.85. The van der Waals surface area contributed by atoms with Crippen molar-refractivity contribution in [3.05, 3.63) is 58.6 Å². The summed E-state index contributed by atoms with van der Waals surface area (Å²) in [5.74, 6) is -0.318. The third-order valence-electron chi connectivity index (χ3n) is 2.77. The molecule has 0 aliphatic carbocycles. The highest BCUT2D eigenvalue weighted by atomic mass is 79.9. The third-order valence-corrected chi connectivity index (χ3v) is 4.51. The third kappa shape index (κ3) is 4.02. The highest BCUT2D eigenvalue weighted by Crippen LogP contribution is 2.27. The molecule has 0 unspecified atom stereocenters. The minimum absolute atomic E-state index is 0.104. The first-order valence-electron chi connectivity index (χ1n) is 6.03. The highest BCUT2D eigenvalue weighted by molar-refractivity contribution is 9.10. The fraction of sp³-hybridized carbons (Fsp3) is 0.133. The Morgan fingerprint density at radius 1 is 1.15 bits per heavy atom. The van der Waals surface area contributed by atoms with Crippen LogP contribution in [0.1, 0.15) is 5.56 Å². The number of primary amides is 1. The minimum atomic E-state index is -1.28. The molecule has 2 aromatic carbocycles. The number of amides is 1. The second-order valence-electron chi connectivity index (χ2n) is 4.36. The zero-order chi connectivity index (χ0) is 14.5. The maximum atomic E-state index is 11.9. The minimum Gasteiger partial charge on any atom is -0.369 e. The van der Waals surface area contributed by atoms with E-state index in [0.29, 0.717) is 5.75 Å². The van der Waals surface area contributed by atoms with E-state index in [1.165, 1.54) is 0 Å². The van der Waals surface area contributed by atoms with E-state index in [-0.39, 0.29) is 5.75 Å². The summed E-state index contributed by atoms with van der Waals surface area (Å²) in [5, 5.41) is 0. The van der Waals surface area contributed by atoms with Gasteiger partial charge in [-0.25, -0.2) is 0 Å². The van der Waals surface area contributed by atoms with Crippen molar-refractivity contribution in [3.8, 4) is 11.1 Å². The van der Waals surface area contributed by atoms with Gasteiger partial charge >= 0.3 is 0 Å². The largest absolute Gasteiger partial charge is 0.369 e. The number of hydrogen-bond acceptors (Lipinski definition) is 2. The number of rotatable bonds is 5. The van der Waals surface area contributed by atoms with Crippen LogP contribution in [0.5, 0.6) is 0 Å². The van der Waals surface area contributed by atoms with Gasteiger partial charge in [-0.3, -0.25) is 9.00 Å². The van der Waals surface area contributed by atoms with Gasteiger partial charge in [0.15, 0.2) is 0 Å². The maximum absolute atomic E-state index is 11.9. The summed E-state index contributed by atoms with van der Waals surface area (Å²) < 4.78 is 12.9. The van der Waals surface area contributed by atoms with E-state index in [4.69, 9.17) is 5.73 Å². The molecular formula is C15H14BrNO2S. The van der Waals surface area contributed by atoms with Crippen molar-refractivity contribution in [2.75, 3.05) is 5.75 Å². The van der Waals surface area contributed by atoms with Crippen molar-refractivity contribution in [2.24, 2.45) is 5.73 Å². The lowest BCUT2D eigenvalue weighted by Crippen LogP contribution is -2.20. The molecule has 0 saturated heterocycles. The molecule has 0 aliphatic rings. The van der Waals surface area contributed by atoms with Gasteiger partial charge in [-0.15, -0.1) is 0 Å². The molecule has 0 aliphatic heterocycles. The van der Waals surface area contributed by atoms with Crippen LogP contribution in [-0.2, 0) is 21.3 Å². The van der Waals surface area contributed by atoms with E-state index < -0.39 is 16.7 Å². The average Bonchev–Trinajstić information content (AvgIpc) is 2.38. The molecule has 1 amide bonds. The zero-order valence-electron chi connectivity index (χ0n) is 10.7. The van der Waals surface area contributed by atoms with Gasteiger partial charge in [0, 0.05) is 21.0 Å². The molecule has 2 aromatic rings. The summed E-state index contributed by atoms with van der Waals surface area (Å²) in [4.78, 5) is 10.8. The fourth-order valence-electron chi connectivity index (χ4n) is 1.97. The Bertz CT molecular complexity index is 658. The summed E-state index contributed by atoms with van der Waals surface area (Å²) in [6.07, 6.45) is 0. The molecule has 104 valence electrons. The van der Waals surface area contributed by atoms with Crippen molar-refractivity contribution in [1.29, 1.82) is 0 Å². The number of carbonyl (C=O) groups excluding carboxylic acids is 1. The molecule has 2 N–H and O–H groups in total. The maximum Gasteiger partial charge on any atom is 0.230 e. The normalized spacial score (nSPS) is 12.1. The van der Waals surface area contributed by atoms with Crippen LogP contribution in [0.25, 0.3) is 11.1 Å². The molecule has 0 saturated carbocycles. The van der Waals surface area contributed by atoms with Gasteiger partial charge in [0.25, 0.3) is 0 Å². The van der Waals surface area contributed by atoms with E-state index in [2.05, 4.69) is 15.9 Å². The van der Waals surface area contributed by atoms with Crippen LogP contribution in [-0.4, -0.2) is 15.9 Å². The fourth-order valence-corrected chi connectivity index (χ4v) is 3.38. The van der Waals surface area contributed by atoms with Gasteiger partial charge in [0.1, 0.15) is 5.75 Å². The number of hydrogen-bond donors (Lipinski definition) is 1. The Morgan fingerprint density at radius 2 is 1.90 bits per heavy atom. The first kappa shape index (κ1) is 14.9. The van der Waals surface area contributed by atoms with E-state index >= 15 is 0 Å². The monoisotopic (exact) mass is 351 g/mol. The van der Waals surface area contributed by atoms with Crippen LogP contribution in [0, 0.1) is 0 Å². The van der Waals surface area contributed by atoms with Crippen LogP contribution in [0.15, 0.2) is 53.0 Å². The van der Waals surface area contributed by atoms with Crippen molar-refractivity contribution in [3.63, 3.8) is 0 Å². The van der Waals surface area contributed by atoms with Crippen LogP contribution in [0.3, 0.4) is 0 Å². The quantitative estimate of drug-likeness (QED) is 0.900. The Labute approximate surface area is 128 Å². The van der Waals surface area contributed by atoms with Crippen LogP contribution in [0.2, 0.25) is 0 Å². The molecule has 0 heterocycles.